The van der Waals surface area contributed by atoms with Crippen LogP contribution in [0.5, 0.6) is 0 Å². The minimum absolute atomic E-state index is 0.0710. The highest BCUT2D eigenvalue weighted by Gasteiger charge is 2.16. The van der Waals surface area contributed by atoms with Gasteiger partial charge < -0.3 is 15.1 Å². The highest BCUT2D eigenvalue weighted by Crippen LogP contribution is 2.24. The molecule has 1 aliphatic rings. The third-order valence-electron chi connectivity index (χ3n) is 4.51. The van der Waals surface area contributed by atoms with Crippen LogP contribution in [0.2, 0.25) is 0 Å². The number of nitrogens with zero attached hydrogens (tertiary/aromatic N) is 2. The molecule has 4 heteroatoms. The summed E-state index contributed by atoms with van der Waals surface area (Å²) in [6.45, 7) is 10.5. The standard InChI is InChI=1S/C18H29N3O/c1-5-6-14(2)18(22)19-17-8-7-16(13-15(17)3)21-11-9-20(4)10-12-21/h7-8,13-14H,5-6,9-12H2,1-4H3,(H,19,22). The lowest BCUT2D eigenvalue weighted by Crippen LogP contribution is -2.44. The van der Waals surface area contributed by atoms with Crippen molar-refractivity contribution in [2.24, 2.45) is 5.92 Å². The molecule has 1 unspecified atom stereocenters. The van der Waals surface area contributed by atoms with Gasteiger partial charge in [-0.2, -0.15) is 0 Å². The second-order valence-corrected chi connectivity index (χ2v) is 6.47. The predicted octanol–water partition coefficient (Wildman–Crippen LogP) is 3.12. The van der Waals surface area contributed by atoms with Crippen LogP contribution >= 0.6 is 0 Å². The Hall–Kier alpha value is -1.55. The average Bonchev–Trinajstić information content (AvgIpc) is 2.50. The summed E-state index contributed by atoms with van der Waals surface area (Å²) in [5.74, 6) is 0.194. The fraction of sp³-hybridized carbons (Fsp3) is 0.611. The van der Waals surface area contributed by atoms with Crippen LogP contribution in [0.4, 0.5) is 11.4 Å². The molecule has 122 valence electrons. The number of hydrogen-bond donors (Lipinski definition) is 1. The van der Waals surface area contributed by atoms with Crippen LogP contribution in [0.25, 0.3) is 0 Å². The van der Waals surface area contributed by atoms with Crippen LogP contribution < -0.4 is 10.2 Å². The van der Waals surface area contributed by atoms with Crippen LogP contribution in [-0.2, 0) is 4.79 Å². The number of hydrogen-bond acceptors (Lipinski definition) is 3. The Kier molecular flexibility index (Phi) is 5.83. The first-order valence-electron chi connectivity index (χ1n) is 8.36. The molecular formula is C18H29N3O. The monoisotopic (exact) mass is 303 g/mol. The lowest BCUT2D eigenvalue weighted by molar-refractivity contribution is -0.119. The van der Waals surface area contributed by atoms with Crippen molar-refractivity contribution < 1.29 is 4.79 Å². The smallest absolute Gasteiger partial charge is 0.227 e. The molecule has 0 saturated carbocycles. The Labute approximate surface area is 134 Å². The SMILES string of the molecule is CCCC(C)C(=O)Nc1ccc(N2CCN(C)CC2)cc1C. The van der Waals surface area contributed by atoms with Crippen molar-refractivity contribution >= 4 is 17.3 Å². The van der Waals surface area contributed by atoms with Gasteiger partial charge in [-0.3, -0.25) is 4.79 Å². The van der Waals surface area contributed by atoms with E-state index in [4.69, 9.17) is 0 Å². The number of benzene rings is 1. The number of piperazine rings is 1. The summed E-state index contributed by atoms with van der Waals surface area (Å²) in [5.41, 5.74) is 3.32. The first-order valence-corrected chi connectivity index (χ1v) is 8.36. The first kappa shape index (κ1) is 16.8. The quantitative estimate of drug-likeness (QED) is 0.908. The molecule has 1 amide bonds. The van der Waals surface area contributed by atoms with Gasteiger partial charge in [-0.25, -0.2) is 0 Å². The normalized spacial score (nSPS) is 17.4. The fourth-order valence-corrected chi connectivity index (χ4v) is 2.87. The lowest BCUT2D eigenvalue weighted by Gasteiger charge is -2.34. The van der Waals surface area contributed by atoms with E-state index < -0.39 is 0 Å². The summed E-state index contributed by atoms with van der Waals surface area (Å²) in [7, 11) is 2.17. The van der Waals surface area contributed by atoms with Crippen LogP contribution in [0.3, 0.4) is 0 Å². The van der Waals surface area contributed by atoms with Crippen LogP contribution in [-0.4, -0.2) is 44.0 Å². The predicted molar refractivity (Wildman–Crippen MR) is 93.6 cm³/mol. The van der Waals surface area contributed by atoms with Crippen LogP contribution in [0.1, 0.15) is 32.3 Å². The van der Waals surface area contributed by atoms with Crippen molar-refractivity contribution in [2.75, 3.05) is 43.4 Å². The molecular weight excluding hydrogens is 274 g/mol. The zero-order chi connectivity index (χ0) is 16.1. The molecule has 0 aliphatic carbocycles. The zero-order valence-electron chi connectivity index (χ0n) is 14.4. The van der Waals surface area contributed by atoms with Gasteiger partial charge in [-0.15, -0.1) is 0 Å². The maximum absolute atomic E-state index is 12.2. The molecule has 1 heterocycles. The Morgan fingerprint density at radius 3 is 2.55 bits per heavy atom. The van der Waals surface area contributed by atoms with Gasteiger partial charge >= 0.3 is 0 Å². The molecule has 0 aromatic heterocycles. The van der Waals surface area contributed by atoms with Crippen molar-refractivity contribution in [1.82, 2.24) is 4.90 Å². The lowest BCUT2D eigenvalue weighted by atomic mass is 10.0. The van der Waals surface area contributed by atoms with E-state index in [-0.39, 0.29) is 11.8 Å². The summed E-state index contributed by atoms with van der Waals surface area (Å²) in [6, 6.07) is 6.35. The molecule has 1 aliphatic heterocycles. The van der Waals surface area contributed by atoms with E-state index in [9.17, 15) is 4.79 Å². The summed E-state index contributed by atoms with van der Waals surface area (Å²) in [6.07, 6.45) is 1.97. The highest BCUT2D eigenvalue weighted by atomic mass is 16.1. The van der Waals surface area contributed by atoms with Gasteiger partial charge in [-0.1, -0.05) is 20.3 Å². The summed E-state index contributed by atoms with van der Waals surface area (Å²) in [4.78, 5) is 16.9. The van der Waals surface area contributed by atoms with E-state index in [0.29, 0.717) is 0 Å². The van der Waals surface area contributed by atoms with E-state index in [1.54, 1.807) is 0 Å². The van der Waals surface area contributed by atoms with Gasteiger partial charge in [-0.05, 0) is 44.2 Å². The highest BCUT2D eigenvalue weighted by molar-refractivity contribution is 5.93. The van der Waals surface area contributed by atoms with E-state index >= 15 is 0 Å². The molecule has 22 heavy (non-hydrogen) atoms. The van der Waals surface area contributed by atoms with Gasteiger partial charge in [0.15, 0.2) is 0 Å². The molecule has 1 atom stereocenters. The van der Waals surface area contributed by atoms with E-state index in [2.05, 4.69) is 48.1 Å². The van der Waals surface area contributed by atoms with Gasteiger partial charge in [0.05, 0.1) is 0 Å². The minimum atomic E-state index is 0.0710. The molecule has 1 aromatic carbocycles. The second-order valence-electron chi connectivity index (χ2n) is 6.47. The van der Waals surface area contributed by atoms with Gasteiger partial charge in [0.25, 0.3) is 0 Å². The van der Waals surface area contributed by atoms with E-state index in [1.807, 2.05) is 13.0 Å². The number of carbonyl (C=O) groups excluding carboxylic acids is 1. The topological polar surface area (TPSA) is 35.6 Å². The largest absolute Gasteiger partial charge is 0.369 e. The van der Waals surface area contributed by atoms with Gasteiger partial charge in [0.2, 0.25) is 5.91 Å². The fourth-order valence-electron chi connectivity index (χ4n) is 2.87. The maximum atomic E-state index is 12.2. The average molecular weight is 303 g/mol. The third-order valence-corrected chi connectivity index (χ3v) is 4.51. The van der Waals surface area contributed by atoms with Gasteiger partial charge in [0.1, 0.15) is 0 Å². The molecule has 1 N–H and O–H groups in total. The Balaban J connectivity index is 2.02. The van der Waals surface area contributed by atoms with Crippen molar-refractivity contribution in [3.63, 3.8) is 0 Å². The number of anilines is 2. The number of rotatable bonds is 5. The zero-order valence-corrected chi connectivity index (χ0v) is 14.4. The van der Waals surface area contributed by atoms with Crippen LogP contribution in [0.15, 0.2) is 18.2 Å². The van der Waals surface area contributed by atoms with Gasteiger partial charge in [0, 0.05) is 43.5 Å². The van der Waals surface area contributed by atoms with Crippen LogP contribution in [0, 0.1) is 12.8 Å². The number of carbonyl (C=O) groups is 1. The molecule has 2 rings (SSSR count). The molecule has 1 aromatic rings. The summed E-state index contributed by atoms with van der Waals surface area (Å²) < 4.78 is 0. The molecule has 0 spiro atoms. The molecule has 0 radical (unpaired) electrons. The van der Waals surface area contributed by atoms with E-state index in [0.717, 1.165) is 50.3 Å². The Bertz CT molecular complexity index is 507. The summed E-state index contributed by atoms with van der Waals surface area (Å²) >= 11 is 0. The molecule has 1 saturated heterocycles. The van der Waals surface area contributed by atoms with Crippen molar-refractivity contribution in [1.29, 1.82) is 0 Å². The molecule has 4 nitrogen and oxygen atoms in total. The van der Waals surface area contributed by atoms with Crippen molar-refractivity contribution in [2.45, 2.75) is 33.6 Å². The van der Waals surface area contributed by atoms with Crippen molar-refractivity contribution in [3.05, 3.63) is 23.8 Å². The van der Waals surface area contributed by atoms with Crippen molar-refractivity contribution in [3.8, 4) is 0 Å². The molecule has 1 fully saturated rings. The first-order chi connectivity index (χ1) is 10.5. The number of nitrogens with one attached hydrogen (secondary N) is 1. The van der Waals surface area contributed by atoms with E-state index in [1.165, 1.54) is 5.69 Å². The Morgan fingerprint density at radius 2 is 1.95 bits per heavy atom. The number of likely N-dealkylation sites (N-methyl/N-ethyl adjacent to an activating group) is 1. The minimum Gasteiger partial charge on any atom is -0.369 e. The maximum Gasteiger partial charge on any atom is 0.227 e. The third kappa shape index (κ3) is 4.23. The summed E-state index contributed by atoms with van der Waals surface area (Å²) in [5, 5.41) is 3.07. The second kappa shape index (κ2) is 7.63. The number of aryl methyl sites for hydroxylation is 1. The Morgan fingerprint density at radius 1 is 1.27 bits per heavy atom. The number of amides is 1. The molecule has 0 bridgehead atoms.